The van der Waals surface area contributed by atoms with Crippen molar-refractivity contribution in [2.45, 2.75) is 45.4 Å². The first-order valence-corrected chi connectivity index (χ1v) is 12.3. The number of hydrogen-bond donors (Lipinski definition) is 0. The summed E-state index contributed by atoms with van der Waals surface area (Å²) in [5, 5.41) is 0. The third-order valence-corrected chi connectivity index (χ3v) is 6.67. The molecule has 0 fully saturated rings. The summed E-state index contributed by atoms with van der Waals surface area (Å²) < 4.78 is 66.8. The lowest BCUT2D eigenvalue weighted by Crippen LogP contribution is -2.15. The van der Waals surface area contributed by atoms with E-state index in [0.717, 1.165) is 18.4 Å². The van der Waals surface area contributed by atoms with Crippen molar-refractivity contribution in [1.82, 2.24) is 0 Å². The molecular formula is C30H30F4O2. The number of ether oxygens (including phenoxy) is 2. The van der Waals surface area contributed by atoms with Gasteiger partial charge in [-0.25, -0.2) is 8.78 Å². The summed E-state index contributed by atoms with van der Waals surface area (Å²) in [6, 6.07) is 14.2. The van der Waals surface area contributed by atoms with Gasteiger partial charge in [-0.2, -0.15) is 8.78 Å². The standard InChI is InChI=1S/C30H30F4O2/c1-3-35-25-16-17-26(30(34)29(25)33)36-18-21-8-13-23(14-9-21)22-11-5-20(6-12-22)7-15-24-10-4-19(2)27(31)28(24)32/h4-6,8,10-13,16-17,21,23H,3,7,9,14-15,18H2,1-2H3. The van der Waals surface area contributed by atoms with E-state index in [2.05, 4.69) is 24.3 Å². The Morgan fingerprint density at radius 3 is 2.06 bits per heavy atom. The second-order valence-corrected chi connectivity index (χ2v) is 9.17. The van der Waals surface area contributed by atoms with Crippen LogP contribution in [0.5, 0.6) is 11.5 Å². The summed E-state index contributed by atoms with van der Waals surface area (Å²) in [5.74, 6) is -3.46. The fourth-order valence-electron chi connectivity index (χ4n) is 4.47. The van der Waals surface area contributed by atoms with E-state index < -0.39 is 23.3 Å². The predicted octanol–water partition coefficient (Wildman–Crippen LogP) is 7.86. The molecule has 2 atom stereocenters. The lowest BCUT2D eigenvalue weighted by atomic mass is 9.84. The van der Waals surface area contributed by atoms with Gasteiger partial charge in [0, 0.05) is 11.8 Å². The molecule has 2 unspecified atom stereocenters. The molecule has 0 amide bonds. The molecule has 3 aromatic rings. The molecule has 0 heterocycles. The Bertz CT molecular complexity index is 1220. The van der Waals surface area contributed by atoms with Crippen molar-refractivity contribution in [2.24, 2.45) is 5.92 Å². The van der Waals surface area contributed by atoms with E-state index in [1.807, 2.05) is 12.1 Å². The molecule has 0 aliphatic heterocycles. The molecule has 0 bridgehead atoms. The third-order valence-electron chi connectivity index (χ3n) is 6.67. The minimum absolute atomic E-state index is 0.111. The van der Waals surface area contributed by atoms with Crippen molar-refractivity contribution in [3.63, 3.8) is 0 Å². The molecule has 0 radical (unpaired) electrons. The number of allylic oxidation sites excluding steroid dienone is 1. The Kier molecular flexibility index (Phi) is 8.34. The zero-order valence-electron chi connectivity index (χ0n) is 20.5. The Hall–Kier alpha value is -3.28. The molecule has 4 rings (SSSR count). The fourth-order valence-corrected chi connectivity index (χ4v) is 4.47. The lowest BCUT2D eigenvalue weighted by molar-refractivity contribution is 0.243. The van der Waals surface area contributed by atoms with Gasteiger partial charge >= 0.3 is 0 Å². The van der Waals surface area contributed by atoms with E-state index in [1.54, 1.807) is 26.0 Å². The first kappa shape index (κ1) is 25.8. The Morgan fingerprint density at radius 1 is 0.722 bits per heavy atom. The zero-order chi connectivity index (χ0) is 25.7. The SMILES string of the molecule is CCOc1ccc(OCC2C=CC(c3ccc(CCc4ccc(C)c(F)c4F)cc3)CC2)c(F)c1F. The molecule has 190 valence electrons. The molecular weight excluding hydrogens is 468 g/mol. The largest absolute Gasteiger partial charge is 0.491 e. The van der Waals surface area contributed by atoms with Crippen LogP contribution >= 0.6 is 0 Å². The Morgan fingerprint density at radius 2 is 1.42 bits per heavy atom. The summed E-state index contributed by atoms with van der Waals surface area (Å²) in [5.41, 5.74) is 2.95. The van der Waals surface area contributed by atoms with Crippen molar-refractivity contribution < 1.29 is 27.0 Å². The molecule has 0 saturated heterocycles. The Balaban J connectivity index is 1.30. The Labute approximate surface area is 209 Å². The highest BCUT2D eigenvalue weighted by Crippen LogP contribution is 2.32. The topological polar surface area (TPSA) is 18.5 Å². The van der Waals surface area contributed by atoms with Crippen LogP contribution in [-0.4, -0.2) is 13.2 Å². The normalized spacial score (nSPS) is 17.3. The molecule has 1 aliphatic rings. The van der Waals surface area contributed by atoms with E-state index in [9.17, 15) is 17.6 Å². The molecule has 1 aliphatic carbocycles. The molecule has 0 saturated carbocycles. The van der Waals surface area contributed by atoms with Crippen molar-refractivity contribution in [1.29, 1.82) is 0 Å². The molecule has 6 heteroatoms. The monoisotopic (exact) mass is 498 g/mol. The quantitative estimate of drug-likeness (QED) is 0.221. The number of aryl methyl sites for hydroxylation is 3. The van der Waals surface area contributed by atoms with Crippen LogP contribution in [0.2, 0.25) is 0 Å². The van der Waals surface area contributed by atoms with E-state index in [0.29, 0.717) is 24.0 Å². The van der Waals surface area contributed by atoms with E-state index in [4.69, 9.17) is 9.47 Å². The van der Waals surface area contributed by atoms with Crippen molar-refractivity contribution in [3.05, 3.63) is 106 Å². The lowest BCUT2D eigenvalue weighted by Gasteiger charge is -2.23. The molecule has 0 spiro atoms. The third kappa shape index (κ3) is 5.92. The van der Waals surface area contributed by atoms with E-state index in [1.165, 1.54) is 17.7 Å². The van der Waals surface area contributed by atoms with Crippen molar-refractivity contribution in [2.75, 3.05) is 13.2 Å². The average Bonchev–Trinajstić information content (AvgIpc) is 2.90. The fraction of sp³-hybridized carbons (Fsp3) is 0.333. The number of hydrogen-bond acceptors (Lipinski definition) is 2. The first-order chi connectivity index (χ1) is 17.4. The number of rotatable bonds is 9. The molecule has 2 nitrogen and oxygen atoms in total. The van der Waals surface area contributed by atoms with Crippen LogP contribution in [0.15, 0.2) is 60.7 Å². The smallest absolute Gasteiger partial charge is 0.204 e. The van der Waals surface area contributed by atoms with Crippen molar-refractivity contribution in [3.8, 4) is 11.5 Å². The maximum atomic E-state index is 14.2. The van der Waals surface area contributed by atoms with Gasteiger partial charge in [0.05, 0.1) is 13.2 Å². The van der Waals surface area contributed by atoms with Gasteiger partial charge in [-0.1, -0.05) is 48.6 Å². The van der Waals surface area contributed by atoms with Gasteiger partial charge in [-0.3, -0.25) is 0 Å². The van der Waals surface area contributed by atoms with Gasteiger partial charge in [0.25, 0.3) is 0 Å². The predicted molar refractivity (Wildman–Crippen MR) is 133 cm³/mol. The molecule has 0 N–H and O–H groups in total. The van der Waals surface area contributed by atoms with Gasteiger partial charge in [-0.05, 0) is 73.9 Å². The molecule has 36 heavy (non-hydrogen) atoms. The van der Waals surface area contributed by atoms with Gasteiger partial charge in [0.1, 0.15) is 0 Å². The van der Waals surface area contributed by atoms with Gasteiger partial charge < -0.3 is 9.47 Å². The van der Waals surface area contributed by atoms with E-state index in [-0.39, 0.29) is 36.5 Å². The van der Waals surface area contributed by atoms with E-state index >= 15 is 0 Å². The number of benzene rings is 3. The van der Waals surface area contributed by atoms with Crippen LogP contribution in [0.25, 0.3) is 0 Å². The highest BCUT2D eigenvalue weighted by atomic mass is 19.2. The minimum Gasteiger partial charge on any atom is -0.491 e. The highest BCUT2D eigenvalue weighted by molar-refractivity contribution is 5.35. The average molecular weight is 499 g/mol. The molecule has 3 aromatic carbocycles. The highest BCUT2D eigenvalue weighted by Gasteiger charge is 2.20. The first-order valence-electron chi connectivity index (χ1n) is 12.3. The second-order valence-electron chi connectivity index (χ2n) is 9.17. The summed E-state index contributed by atoms with van der Waals surface area (Å²) in [7, 11) is 0. The summed E-state index contributed by atoms with van der Waals surface area (Å²) >= 11 is 0. The van der Waals surface area contributed by atoms with Crippen molar-refractivity contribution >= 4 is 0 Å². The van der Waals surface area contributed by atoms with Gasteiger partial charge in [0.2, 0.25) is 11.6 Å². The maximum Gasteiger partial charge on any atom is 0.204 e. The second kappa shape index (κ2) is 11.6. The van der Waals surface area contributed by atoms with Crippen LogP contribution in [0.4, 0.5) is 17.6 Å². The van der Waals surface area contributed by atoms with Crippen LogP contribution < -0.4 is 9.47 Å². The van der Waals surface area contributed by atoms with Gasteiger partial charge in [0.15, 0.2) is 23.1 Å². The molecule has 0 aromatic heterocycles. The minimum atomic E-state index is -1.03. The van der Waals surface area contributed by atoms with Crippen LogP contribution in [-0.2, 0) is 12.8 Å². The van der Waals surface area contributed by atoms with Crippen LogP contribution in [0.3, 0.4) is 0 Å². The number of halogens is 4. The summed E-state index contributed by atoms with van der Waals surface area (Å²) in [6.45, 7) is 3.78. The summed E-state index contributed by atoms with van der Waals surface area (Å²) in [4.78, 5) is 0. The summed E-state index contributed by atoms with van der Waals surface area (Å²) in [6.07, 6.45) is 7.04. The van der Waals surface area contributed by atoms with Crippen LogP contribution in [0, 0.1) is 36.1 Å². The van der Waals surface area contributed by atoms with Gasteiger partial charge in [-0.15, -0.1) is 0 Å². The van der Waals surface area contributed by atoms with Crippen LogP contribution in [0.1, 0.15) is 47.9 Å². The zero-order valence-corrected chi connectivity index (χ0v) is 20.5. The maximum absolute atomic E-state index is 14.2.